The Labute approximate surface area is 297 Å². The van der Waals surface area contributed by atoms with E-state index in [0.717, 1.165) is 19.3 Å². The van der Waals surface area contributed by atoms with Gasteiger partial charge in [0.25, 0.3) is 5.56 Å². The van der Waals surface area contributed by atoms with E-state index in [1.54, 1.807) is 18.4 Å². The first-order valence-corrected chi connectivity index (χ1v) is 18.7. The second kappa shape index (κ2) is 25.1. The summed E-state index contributed by atoms with van der Waals surface area (Å²) in [5, 5.41) is 2.53. The molecular formula is C37H62N6O7. The largest absolute Gasteiger partial charge is 0.465 e. The maximum atomic E-state index is 12.9. The zero-order valence-electron chi connectivity index (χ0n) is 30.7. The van der Waals surface area contributed by atoms with Gasteiger partial charge < -0.3 is 29.8 Å². The number of nitrogens with one attached hydrogen (secondary N) is 2. The number of aromatic amines is 1. The van der Waals surface area contributed by atoms with E-state index in [1.165, 1.54) is 89.5 Å². The van der Waals surface area contributed by atoms with E-state index < -0.39 is 23.7 Å². The molecule has 0 bridgehead atoms. The van der Waals surface area contributed by atoms with Gasteiger partial charge in [0.2, 0.25) is 5.95 Å². The van der Waals surface area contributed by atoms with Gasteiger partial charge in [-0.2, -0.15) is 4.98 Å². The molecule has 0 radical (unpaired) electrons. The summed E-state index contributed by atoms with van der Waals surface area (Å²) in [5.74, 6) is -1.46. The van der Waals surface area contributed by atoms with Crippen LogP contribution >= 0.6 is 0 Å². The molecular weight excluding hydrogens is 640 g/mol. The number of nitrogen functional groups attached to an aromatic ring is 1. The molecule has 282 valence electrons. The summed E-state index contributed by atoms with van der Waals surface area (Å²) in [5.41, 5.74) is 5.76. The number of nitrogens with two attached hydrogens (primary N) is 1. The Morgan fingerprint density at radius 2 is 1.54 bits per heavy atom. The highest BCUT2D eigenvalue weighted by Gasteiger charge is 2.27. The van der Waals surface area contributed by atoms with Crippen molar-refractivity contribution in [3.05, 3.63) is 29.3 Å². The first kappa shape index (κ1) is 42.3. The lowest BCUT2D eigenvalue weighted by Gasteiger charge is -2.22. The second-order valence-electron chi connectivity index (χ2n) is 13.5. The van der Waals surface area contributed by atoms with Gasteiger partial charge in [-0.3, -0.25) is 14.6 Å². The molecule has 0 aliphatic carbocycles. The van der Waals surface area contributed by atoms with Crippen molar-refractivity contribution in [2.75, 3.05) is 25.6 Å². The van der Waals surface area contributed by atoms with Crippen molar-refractivity contribution in [1.29, 1.82) is 0 Å². The van der Waals surface area contributed by atoms with Crippen molar-refractivity contribution in [2.24, 2.45) is 11.8 Å². The number of nitrogens with zero attached hydrogens (tertiary/aromatic N) is 3. The summed E-state index contributed by atoms with van der Waals surface area (Å²) >= 11 is 0. The second-order valence-corrected chi connectivity index (χ2v) is 13.5. The molecule has 2 heterocycles. The van der Waals surface area contributed by atoms with Crippen LogP contribution in [0.2, 0.25) is 0 Å². The molecule has 0 aliphatic rings. The molecule has 1 amide bonds. The van der Waals surface area contributed by atoms with Gasteiger partial charge in [-0.15, -0.1) is 0 Å². The number of rotatable bonds is 28. The molecule has 2 atom stereocenters. The number of amides is 1. The summed E-state index contributed by atoms with van der Waals surface area (Å²) in [6.07, 6.45) is 21.6. The predicted molar refractivity (Wildman–Crippen MR) is 195 cm³/mol. The molecule has 0 saturated heterocycles. The average molecular weight is 703 g/mol. The molecule has 0 unspecified atom stereocenters. The van der Waals surface area contributed by atoms with E-state index in [1.807, 2.05) is 0 Å². The highest BCUT2D eigenvalue weighted by molar-refractivity contribution is 5.81. The van der Waals surface area contributed by atoms with Crippen LogP contribution in [0.5, 0.6) is 0 Å². The van der Waals surface area contributed by atoms with Crippen LogP contribution in [-0.2, 0) is 30.3 Å². The van der Waals surface area contributed by atoms with Gasteiger partial charge in [0.05, 0.1) is 19.5 Å². The molecule has 0 saturated carbocycles. The Morgan fingerprint density at radius 3 is 2.12 bits per heavy atom. The van der Waals surface area contributed by atoms with Crippen LogP contribution in [0.15, 0.2) is 23.8 Å². The number of imidazole rings is 1. The molecule has 0 aromatic carbocycles. The molecule has 2 aromatic heterocycles. The van der Waals surface area contributed by atoms with Crippen LogP contribution in [0, 0.1) is 11.8 Å². The van der Waals surface area contributed by atoms with Crippen LogP contribution in [0.25, 0.3) is 11.2 Å². The quantitative estimate of drug-likeness (QED) is 0.0362. The third kappa shape index (κ3) is 17.2. The first-order chi connectivity index (χ1) is 24.2. The summed E-state index contributed by atoms with van der Waals surface area (Å²) in [4.78, 5) is 60.6. The zero-order chi connectivity index (χ0) is 36.6. The molecule has 2 aromatic rings. The Hall–Kier alpha value is -3.90. The van der Waals surface area contributed by atoms with Gasteiger partial charge in [0, 0.05) is 18.9 Å². The number of hydrogen-bond donors (Lipinski definition) is 3. The highest BCUT2D eigenvalue weighted by Crippen LogP contribution is 2.17. The minimum Gasteiger partial charge on any atom is -0.465 e. The SMILES string of the molecule is C=CCOC(=O)N[C@H](C(=O)OCC[C@@H](COC(=O)CCCCCCCCCCCCCCCCC)Cn1cnc2c(=O)[nH]c(N)nc21)C(C)C. The van der Waals surface area contributed by atoms with Crippen molar-refractivity contribution in [3.63, 3.8) is 0 Å². The number of esters is 2. The van der Waals surface area contributed by atoms with Gasteiger partial charge >= 0.3 is 18.0 Å². The number of aromatic nitrogens is 4. The molecule has 2 rings (SSSR count). The average Bonchev–Trinajstić information content (AvgIpc) is 3.48. The summed E-state index contributed by atoms with van der Waals surface area (Å²) in [7, 11) is 0. The normalized spacial score (nSPS) is 12.5. The number of H-pyrrole nitrogens is 1. The fourth-order valence-corrected chi connectivity index (χ4v) is 5.75. The molecule has 0 spiro atoms. The standard InChI is InChI=1S/C37H62N6O7/c1-5-7-8-9-10-11-12-13-14-15-16-17-18-19-20-21-30(44)50-26-29(25-43-27-39-32-33(43)41-36(38)42-34(32)45)22-24-48-35(46)31(28(3)4)40-37(47)49-23-6-2/h6,27-29,31H,2,5,7-26H2,1,3-4H3,(H,40,47)(H3,38,41,42,45)/t29-,31+/m1/s1. The van der Waals surface area contributed by atoms with Gasteiger partial charge in [0.15, 0.2) is 11.2 Å². The number of alkyl carbamates (subject to hydrolysis) is 1. The third-order valence-corrected chi connectivity index (χ3v) is 8.71. The summed E-state index contributed by atoms with van der Waals surface area (Å²) in [6, 6.07) is -0.907. The predicted octanol–water partition coefficient (Wildman–Crippen LogP) is 6.99. The van der Waals surface area contributed by atoms with Gasteiger partial charge in [-0.25, -0.2) is 14.6 Å². The Morgan fingerprint density at radius 1 is 0.940 bits per heavy atom. The van der Waals surface area contributed by atoms with Crippen molar-refractivity contribution in [1.82, 2.24) is 24.8 Å². The van der Waals surface area contributed by atoms with Crippen LogP contribution in [0.3, 0.4) is 0 Å². The number of unbranched alkanes of at least 4 members (excludes halogenated alkanes) is 14. The van der Waals surface area contributed by atoms with E-state index >= 15 is 0 Å². The number of ether oxygens (including phenoxy) is 3. The molecule has 0 aliphatic heterocycles. The monoisotopic (exact) mass is 702 g/mol. The van der Waals surface area contributed by atoms with Crippen molar-refractivity contribution in [2.45, 2.75) is 143 Å². The Bertz CT molecular complexity index is 1340. The number of hydrogen-bond acceptors (Lipinski definition) is 10. The fraction of sp³-hybridized carbons (Fsp3) is 0.730. The van der Waals surface area contributed by atoms with Gasteiger partial charge in [-0.05, 0) is 18.8 Å². The minimum atomic E-state index is -0.907. The van der Waals surface area contributed by atoms with E-state index in [0.29, 0.717) is 18.5 Å². The summed E-state index contributed by atoms with van der Waals surface area (Å²) < 4.78 is 17.8. The van der Waals surface area contributed by atoms with E-state index in [-0.39, 0.29) is 55.6 Å². The van der Waals surface area contributed by atoms with Crippen LogP contribution < -0.4 is 16.6 Å². The third-order valence-electron chi connectivity index (χ3n) is 8.71. The zero-order valence-corrected chi connectivity index (χ0v) is 30.7. The summed E-state index contributed by atoms with van der Waals surface area (Å²) in [6.45, 7) is 9.71. The number of carbonyl (C=O) groups excluding carboxylic acids is 3. The lowest BCUT2D eigenvalue weighted by molar-refractivity contribution is -0.149. The van der Waals surface area contributed by atoms with Crippen molar-refractivity contribution in [3.8, 4) is 0 Å². The topological polar surface area (TPSA) is 181 Å². The van der Waals surface area contributed by atoms with E-state index in [2.05, 4.69) is 33.8 Å². The van der Waals surface area contributed by atoms with Crippen molar-refractivity contribution < 1.29 is 28.6 Å². The number of anilines is 1. The molecule has 4 N–H and O–H groups in total. The van der Waals surface area contributed by atoms with Crippen molar-refractivity contribution >= 4 is 35.1 Å². The van der Waals surface area contributed by atoms with Crippen LogP contribution in [0.1, 0.15) is 130 Å². The maximum Gasteiger partial charge on any atom is 0.408 e. The lowest BCUT2D eigenvalue weighted by Crippen LogP contribution is -2.45. The maximum absolute atomic E-state index is 12.9. The number of fused-ring (bicyclic) bond motifs is 1. The fourth-order valence-electron chi connectivity index (χ4n) is 5.75. The van der Waals surface area contributed by atoms with E-state index in [4.69, 9.17) is 19.9 Å². The molecule has 0 fully saturated rings. The van der Waals surface area contributed by atoms with E-state index in [9.17, 15) is 19.2 Å². The number of carbonyl (C=O) groups is 3. The minimum absolute atomic E-state index is 0.00941. The first-order valence-electron chi connectivity index (χ1n) is 18.7. The molecule has 13 heteroatoms. The van der Waals surface area contributed by atoms with Gasteiger partial charge in [0.1, 0.15) is 12.6 Å². The van der Waals surface area contributed by atoms with Gasteiger partial charge in [-0.1, -0.05) is 123 Å². The molecule has 50 heavy (non-hydrogen) atoms. The van der Waals surface area contributed by atoms with Crippen LogP contribution in [0.4, 0.5) is 10.7 Å². The Kier molecular flexibility index (Phi) is 21.2. The Balaban J connectivity index is 1.79. The highest BCUT2D eigenvalue weighted by atomic mass is 16.6. The molecule has 13 nitrogen and oxygen atoms in total. The smallest absolute Gasteiger partial charge is 0.408 e. The van der Waals surface area contributed by atoms with Crippen LogP contribution in [-0.4, -0.2) is 63.4 Å². The lowest BCUT2D eigenvalue weighted by atomic mass is 10.0.